The first-order valence-electron chi connectivity index (χ1n) is 6.30. The van der Waals surface area contributed by atoms with Gasteiger partial charge in [-0.05, 0) is 37.3 Å². The predicted octanol–water partition coefficient (Wildman–Crippen LogP) is 2.51. The second-order valence-corrected chi connectivity index (χ2v) is 4.22. The Bertz CT molecular complexity index is 626. The van der Waals surface area contributed by atoms with Crippen molar-refractivity contribution < 1.29 is 9.53 Å². The molecule has 1 amide bonds. The number of benzene rings is 2. The van der Waals surface area contributed by atoms with Crippen LogP contribution >= 0.6 is 0 Å². The maximum Gasteiger partial charge on any atom is 0.250 e. The zero-order chi connectivity index (χ0) is 14.5. The summed E-state index contributed by atoms with van der Waals surface area (Å²) in [6.45, 7) is 2.50. The third-order valence-electron chi connectivity index (χ3n) is 2.78. The molecule has 0 saturated heterocycles. The lowest BCUT2D eigenvalue weighted by Crippen LogP contribution is -2.13. The van der Waals surface area contributed by atoms with Gasteiger partial charge in [0.1, 0.15) is 5.75 Å². The highest BCUT2D eigenvalue weighted by molar-refractivity contribution is 5.99. The van der Waals surface area contributed by atoms with Crippen LogP contribution < -0.4 is 21.5 Å². The maximum atomic E-state index is 11.3. The van der Waals surface area contributed by atoms with E-state index in [1.807, 2.05) is 31.2 Å². The van der Waals surface area contributed by atoms with Crippen molar-refractivity contribution in [3.8, 4) is 5.75 Å². The average Bonchev–Trinajstić information content (AvgIpc) is 2.43. The Morgan fingerprint density at radius 3 is 2.70 bits per heavy atom. The lowest BCUT2D eigenvalue weighted by atomic mass is 10.1. The molecule has 2 aromatic carbocycles. The Morgan fingerprint density at radius 2 is 2.00 bits per heavy atom. The van der Waals surface area contributed by atoms with Gasteiger partial charge in [0.15, 0.2) is 0 Å². The number of nitrogens with two attached hydrogens (primary N) is 2. The molecule has 2 aromatic rings. The number of ether oxygens (including phenoxy) is 1. The van der Waals surface area contributed by atoms with Crippen molar-refractivity contribution in [2.45, 2.75) is 6.92 Å². The van der Waals surface area contributed by atoms with Gasteiger partial charge in [0.2, 0.25) is 0 Å². The summed E-state index contributed by atoms with van der Waals surface area (Å²) < 4.78 is 5.53. The minimum absolute atomic E-state index is 0.295. The maximum absolute atomic E-state index is 11.3. The fourth-order valence-corrected chi connectivity index (χ4v) is 1.85. The van der Waals surface area contributed by atoms with Crippen molar-refractivity contribution in [2.24, 2.45) is 5.73 Å². The van der Waals surface area contributed by atoms with E-state index in [-0.39, 0.29) is 0 Å². The molecule has 20 heavy (non-hydrogen) atoms. The highest BCUT2D eigenvalue weighted by Gasteiger charge is 2.08. The summed E-state index contributed by atoms with van der Waals surface area (Å²) in [4.78, 5) is 11.3. The Hall–Kier alpha value is -2.69. The number of nitrogens with one attached hydrogen (secondary N) is 1. The summed E-state index contributed by atoms with van der Waals surface area (Å²) in [7, 11) is 0. The van der Waals surface area contributed by atoms with E-state index >= 15 is 0 Å². The zero-order valence-electron chi connectivity index (χ0n) is 11.2. The van der Waals surface area contributed by atoms with Crippen LogP contribution in [0.1, 0.15) is 17.3 Å². The molecule has 5 N–H and O–H groups in total. The molecule has 0 unspecified atom stereocenters. The molecule has 104 valence electrons. The lowest BCUT2D eigenvalue weighted by Gasteiger charge is -2.13. The molecule has 5 heteroatoms. The first-order valence-corrected chi connectivity index (χ1v) is 6.30. The second-order valence-electron chi connectivity index (χ2n) is 4.22. The molecule has 5 nitrogen and oxygen atoms in total. The predicted molar refractivity (Wildman–Crippen MR) is 80.3 cm³/mol. The summed E-state index contributed by atoms with van der Waals surface area (Å²) >= 11 is 0. The quantitative estimate of drug-likeness (QED) is 0.729. The van der Waals surface area contributed by atoms with Crippen LogP contribution in [0.4, 0.5) is 17.1 Å². The van der Waals surface area contributed by atoms with Gasteiger partial charge in [0, 0.05) is 11.4 Å². The van der Waals surface area contributed by atoms with Crippen LogP contribution in [0.2, 0.25) is 0 Å². The van der Waals surface area contributed by atoms with E-state index in [0.717, 1.165) is 17.1 Å². The minimum atomic E-state index is -0.552. The molecule has 0 bridgehead atoms. The number of hydrogen-bond donors (Lipinski definition) is 3. The largest absolute Gasteiger partial charge is 0.492 e. The van der Waals surface area contributed by atoms with Gasteiger partial charge in [-0.1, -0.05) is 12.1 Å². The van der Waals surface area contributed by atoms with E-state index in [0.29, 0.717) is 17.9 Å². The molecule has 0 aromatic heterocycles. The van der Waals surface area contributed by atoms with Crippen molar-refractivity contribution in [1.29, 1.82) is 0 Å². The lowest BCUT2D eigenvalue weighted by molar-refractivity contribution is 0.100. The fraction of sp³-hybridized carbons (Fsp3) is 0.133. The van der Waals surface area contributed by atoms with Crippen molar-refractivity contribution in [1.82, 2.24) is 0 Å². The summed E-state index contributed by atoms with van der Waals surface area (Å²) in [6, 6.07) is 12.6. The van der Waals surface area contributed by atoms with Gasteiger partial charge in [-0.25, -0.2) is 0 Å². The highest BCUT2D eigenvalue weighted by Crippen LogP contribution is 2.28. The molecule has 0 saturated carbocycles. The van der Waals surface area contributed by atoms with Crippen LogP contribution in [0.15, 0.2) is 42.5 Å². The van der Waals surface area contributed by atoms with Gasteiger partial charge >= 0.3 is 0 Å². The van der Waals surface area contributed by atoms with Crippen molar-refractivity contribution in [3.63, 3.8) is 0 Å². The molecule has 0 radical (unpaired) electrons. The van der Waals surface area contributed by atoms with Crippen molar-refractivity contribution in [3.05, 3.63) is 48.0 Å². The molecule has 0 aliphatic carbocycles. The first-order chi connectivity index (χ1) is 9.61. The summed E-state index contributed by atoms with van der Waals surface area (Å²) in [5.74, 6) is 0.191. The topological polar surface area (TPSA) is 90.4 Å². The van der Waals surface area contributed by atoms with E-state index in [4.69, 9.17) is 16.2 Å². The summed E-state index contributed by atoms with van der Waals surface area (Å²) in [5, 5.41) is 3.19. The van der Waals surface area contributed by atoms with E-state index < -0.39 is 5.91 Å². The number of hydrogen-bond acceptors (Lipinski definition) is 4. The van der Waals surface area contributed by atoms with Crippen molar-refractivity contribution in [2.75, 3.05) is 17.7 Å². The van der Waals surface area contributed by atoms with Gasteiger partial charge in [-0.2, -0.15) is 0 Å². The molecular formula is C15H17N3O2. The van der Waals surface area contributed by atoms with Gasteiger partial charge in [-0.3, -0.25) is 4.79 Å². The molecule has 0 aliphatic heterocycles. The normalized spacial score (nSPS) is 10.1. The molecule has 2 rings (SSSR count). The second kappa shape index (κ2) is 5.97. The van der Waals surface area contributed by atoms with E-state index in [2.05, 4.69) is 5.32 Å². The Labute approximate surface area is 117 Å². The van der Waals surface area contributed by atoms with E-state index in [1.165, 1.54) is 0 Å². The van der Waals surface area contributed by atoms with Crippen LogP contribution in [0.5, 0.6) is 5.75 Å². The number of carbonyl (C=O) groups is 1. The van der Waals surface area contributed by atoms with E-state index in [1.54, 1.807) is 18.2 Å². The summed E-state index contributed by atoms with van der Waals surface area (Å²) in [6.07, 6.45) is 0. The van der Waals surface area contributed by atoms with Gasteiger partial charge in [-0.15, -0.1) is 0 Å². The van der Waals surface area contributed by atoms with Crippen LogP contribution in [0, 0.1) is 0 Å². The Morgan fingerprint density at radius 1 is 1.25 bits per heavy atom. The number of anilines is 3. The van der Waals surface area contributed by atoms with Gasteiger partial charge in [0.05, 0.1) is 17.9 Å². The Kier molecular flexibility index (Phi) is 4.10. The third-order valence-corrected chi connectivity index (χ3v) is 2.78. The molecule has 0 atom stereocenters. The Balaban J connectivity index is 2.31. The minimum Gasteiger partial charge on any atom is -0.492 e. The number of rotatable bonds is 5. The van der Waals surface area contributed by atoms with Crippen molar-refractivity contribution >= 4 is 23.0 Å². The van der Waals surface area contributed by atoms with Crippen LogP contribution in [-0.4, -0.2) is 12.5 Å². The molecule has 0 fully saturated rings. The van der Waals surface area contributed by atoms with Gasteiger partial charge in [0.25, 0.3) is 5.91 Å². The zero-order valence-corrected chi connectivity index (χ0v) is 11.2. The standard InChI is InChI=1S/C15H17N3O2/c1-2-20-14-6-4-3-5-13(14)18-10-7-8-12(16)11(9-10)15(17)19/h3-9,18H,2,16H2,1H3,(H2,17,19). The molecule has 0 spiro atoms. The monoisotopic (exact) mass is 271 g/mol. The number of primary amides is 1. The van der Waals surface area contributed by atoms with E-state index in [9.17, 15) is 4.79 Å². The highest BCUT2D eigenvalue weighted by atomic mass is 16.5. The van der Waals surface area contributed by atoms with Gasteiger partial charge < -0.3 is 21.5 Å². The molecule has 0 heterocycles. The SMILES string of the molecule is CCOc1ccccc1Nc1ccc(N)c(C(N)=O)c1. The van der Waals surface area contributed by atoms with Crippen LogP contribution in [0.25, 0.3) is 0 Å². The average molecular weight is 271 g/mol. The number of amides is 1. The number of para-hydroxylation sites is 2. The first kappa shape index (κ1) is 13.7. The van der Waals surface area contributed by atoms with Crippen LogP contribution in [0.3, 0.4) is 0 Å². The third kappa shape index (κ3) is 3.00. The number of nitrogen functional groups attached to an aromatic ring is 1. The van der Waals surface area contributed by atoms with Crippen LogP contribution in [-0.2, 0) is 0 Å². The summed E-state index contributed by atoms with van der Waals surface area (Å²) in [5.41, 5.74) is 13.2. The molecule has 0 aliphatic rings. The number of carbonyl (C=O) groups excluding carboxylic acids is 1. The fourth-order valence-electron chi connectivity index (χ4n) is 1.85. The molecular weight excluding hydrogens is 254 g/mol. The smallest absolute Gasteiger partial charge is 0.250 e.